The van der Waals surface area contributed by atoms with Crippen LogP contribution in [0.5, 0.6) is 0 Å². The Hall–Kier alpha value is -0.930. The van der Waals surface area contributed by atoms with Crippen molar-refractivity contribution in [3.05, 3.63) is 47.5 Å². The van der Waals surface area contributed by atoms with E-state index in [2.05, 4.69) is 17.3 Å². The molecule has 1 heterocycles. The lowest BCUT2D eigenvalue weighted by molar-refractivity contribution is 1.04. The maximum atomic E-state index is 6.18. The Morgan fingerprint density at radius 1 is 1.47 bits per heavy atom. The van der Waals surface area contributed by atoms with E-state index in [1.807, 2.05) is 22.9 Å². The molecule has 78 valence electrons. The Morgan fingerprint density at radius 2 is 2.33 bits per heavy atom. The summed E-state index contributed by atoms with van der Waals surface area (Å²) in [5.41, 5.74) is 2.26. The lowest BCUT2D eigenvalue weighted by Crippen LogP contribution is -1.96. The van der Waals surface area contributed by atoms with Gasteiger partial charge in [0.2, 0.25) is 0 Å². The third kappa shape index (κ3) is 2.19. The van der Waals surface area contributed by atoms with E-state index in [0.29, 0.717) is 0 Å². The molecule has 15 heavy (non-hydrogen) atoms. The second kappa shape index (κ2) is 4.73. The average molecular weight is 239 g/mol. The van der Waals surface area contributed by atoms with E-state index in [1.165, 1.54) is 0 Å². The highest BCUT2D eigenvalue weighted by molar-refractivity contribution is 7.97. The first kappa shape index (κ1) is 10.6. The Balaban J connectivity index is 2.51. The molecular formula is C11H11ClN2S. The van der Waals surface area contributed by atoms with Crippen LogP contribution in [0.4, 0.5) is 0 Å². The summed E-state index contributed by atoms with van der Waals surface area (Å²) in [4.78, 5) is 4.04. The smallest absolute Gasteiger partial charge is 0.0991 e. The molecule has 0 unspecified atom stereocenters. The van der Waals surface area contributed by atoms with Crippen molar-refractivity contribution in [3.8, 4) is 5.69 Å². The molecular weight excluding hydrogens is 228 g/mol. The summed E-state index contributed by atoms with van der Waals surface area (Å²) in [6.07, 6.45) is 7.55. The molecule has 0 radical (unpaired) electrons. The first-order valence-electron chi connectivity index (χ1n) is 4.57. The van der Waals surface area contributed by atoms with Gasteiger partial charge in [0.15, 0.2) is 0 Å². The van der Waals surface area contributed by atoms with E-state index < -0.39 is 0 Å². The zero-order valence-electron chi connectivity index (χ0n) is 8.35. The fourth-order valence-corrected chi connectivity index (χ4v) is 2.39. The van der Waals surface area contributed by atoms with Crippen molar-refractivity contribution in [2.75, 3.05) is 6.26 Å². The lowest BCUT2D eigenvalue weighted by Gasteiger charge is -2.10. The van der Waals surface area contributed by atoms with Gasteiger partial charge >= 0.3 is 0 Å². The second-order valence-corrected chi connectivity index (χ2v) is 4.41. The molecule has 0 saturated heterocycles. The topological polar surface area (TPSA) is 17.8 Å². The average Bonchev–Trinajstić information content (AvgIpc) is 2.74. The van der Waals surface area contributed by atoms with Crippen molar-refractivity contribution in [2.24, 2.45) is 0 Å². The number of benzene rings is 1. The SMILES string of the molecule is CSCc1c(Cl)cccc1-n1ccnc1. The van der Waals surface area contributed by atoms with Gasteiger partial charge in [-0.1, -0.05) is 17.7 Å². The summed E-state index contributed by atoms with van der Waals surface area (Å²) >= 11 is 7.94. The number of hydrogen-bond acceptors (Lipinski definition) is 2. The number of rotatable bonds is 3. The molecule has 4 heteroatoms. The largest absolute Gasteiger partial charge is 0.306 e. The summed E-state index contributed by atoms with van der Waals surface area (Å²) < 4.78 is 1.98. The van der Waals surface area contributed by atoms with E-state index in [4.69, 9.17) is 11.6 Å². The maximum absolute atomic E-state index is 6.18. The lowest BCUT2D eigenvalue weighted by atomic mass is 10.2. The molecule has 1 aromatic heterocycles. The third-order valence-corrected chi connectivity index (χ3v) is 3.10. The molecule has 0 saturated carbocycles. The summed E-state index contributed by atoms with van der Waals surface area (Å²) in [5.74, 6) is 0.910. The van der Waals surface area contributed by atoms with Crippen LogP contribution in [-0.4, -0.2) is 15.8 Å². The predicted octanol–water partition coefficient (Wildman–Crippen LogP) is 3.39. The highest BCUT2D eigenvalue weighted by Gasteiger charge is 2.07. The van der Waals surface area contributed by atoms with Crippen molar-refractivity contribution in [3.63, 3.8) is 0 Å². The van der Waals surface area contributed by atoms with Gasteiger partial charge in [-0.25, -0.2) is 4.98 Å². The van der Waals surface area contributed by atoms with Crippen molar-refractivity contribution in [1.82, 2.24) is 9.55 Å². The number of nitrogens with zero attached hydrogens (tertiary/aromatic N) is 2. The van der Waals surface area contributed by atoms with Crippen molar-refractivity contribution < 1.29 is 0 Å². The van der Waals surface area contributed by atoms with Crippen molar-refractivity contribution >= 4 is 23.4 Å². The highest BCUT2D eigenvalue weighted by Crippen LogP contribution is 2.26. The molecule has 2 rings (SSSR count). The number of hydrogen-bond donors (Lipinski definition) is 0. The number of imidazole rings is 1. The molecule has 0 amide bonds. The van der Waals surface area contributed by atoms with Gasteiger partial charge in [0.1, 0.15) is 0 Å². The summed E-state index contributed by atoms with van der Waals surface area (Å²) in [5, 5.41) is 0.815. The minimum absolute atomic E-state index is 0.815. The van der Waals surface area contributed by atoms with Gasteiger partial charge < -0.3 is 4.57 Å². The molecule has 0 atom stereocenters. The Kier molecular flexibility index (Phi) is 3.34. The molecule has 0 spiro atoms. The maximum Gasteiger partial charge on any atom is 0.0991 e. The van der Waals surface area contributed by atoms with Crippen molar-refractivity contribution in [1.29, 1.82) is 0 Å². The zero-order valence-corrected chi connectivity index (χ0v) is 9.92. The molecule has 0 bridgehead atoms. The number of halogens is 1. The Labute approximate surface area is 98.3 Å². The van der Waals surface area contributed by atoms with Crippen LogP contribution in [0.15, 0.2) is 36.9 Å². The molecule has 0 fully saturated rings. The second-order valence-electron chi connectivity index (χ2n) is 3.14. The van der Waals surface area contributed by atoms with Crippen LogP contribution in [0.3, 0.4) is 0 Å². The van der Waals surface area contributed by atoms with Crippen LogP contribution < -0.4 is 0 Å². The quantitative estimate of drug-likeness (QED) is 0.816. The summed E-state index contributed by atoms with van der Waals surface area (Å²) in [7, 11) is 0. The number of aromatic nitrogens is 2. The molecule has 0 N–H and O–H groups in total. The van der Waals surface area contributed by atoms with Crippen LogP contribution in [0.1, 0.15) is 5.56 Å². The van der Waals surface area contributed by atoms with Gasteiger partial charge in [-0.2, -0.15) is 11.8 Å². The minimum Gasteiger partial charge on any atom is -0.306 e. The molecule has 0 aliphatic carbocycles. The monoisotopic (exact) mass is 238 g/mol. The van der Waals surface area contributed by atoms with Gasteiger partial charge in [0.25, 0.3) is 0 Å². The van der Waals surface area contributed by atoms with Crippen molar-refractivity contribution in [2.45, 2.75) is 5.75 Å². The molecule has 1 aromatic carbocycles. The fraction of sp³-hybridized carbons (Fsp3) is 0.182. The molecule has 2 aromatic rings. The zero-order chi connectivity index (χ0) is 10.7. The van der Waals surface area contributed by atoms with E-state index >= 15 is 0 Å². The summed E-state index contributed by atoms with van der Waals surface area (Å²) in [6.45, 7) is 0. The fourth-order valence-electron chi connectivity index (χ4n) is 1.48. The highest BCUT2D eigenvalue weighted by atomic mass is 35.5. The normalized spacial score (nSPS) is 10.5. The minimum atomic E-state index is 0.815. The molecule has 2 nitrogen and oxygen atoms in total. The summed E-state index contributed by atoms with van der Waals surface area (Å²) in [6, 6.07) is 5.94. The third-order valence-electron chi connectivity index (χ3n) is 2.17. The number of thioether (sulfide) groups is 1. The van der Waals surface area contributed by atoms with Gasteiger partial charge in [-0.3, -0.25) is 0 Å². The van der Waals surface area contributed by atoms with Crippen LogP contribution >= 0.6 is 23.4 Å². The van der Waals surface area contributed by atoms with Crippen LogP contribution in [0.25, 0.3) is 5.69 Å². The molecule has 0 aliphatic rings. The standard InChI is InChI=1S/C11H11ClN2S/c1-15-7-9-10(12)3-2-4-11(9)14-6-5-13-8-14/h2-6,8H,7H2,1H3. The van der Waals surface area contributed by atoms with E-state index in [0.717, 1.165) is 22.0 Å². The van der Waals surface area contributed by atoms with Crippen LogP contribution in [0, 0.1) is 0 Å². The predicted molar refractivity (Wildman–Crippen MR) is 65.8 cm³/mol. The van der Waals surface area contributed by atoms with Crippen LogP contribution in [-0.2, 0) is 5.75 Å². The Bertz CT molecular complexity index is 440. The van der Waals surface area contributed by atoms with Crippen LogP contribution in [0.2, 0.25) is 5.02 Å². The van der Waals surface area contributed by atoms with E-state index in [1.54, 1.807) is 24.3 Å². The first-order chi connectivity index (χ1) is 7.33. The van der Waals surface area contributed by atoms with Gasteiger partial charge in [-0.15, -0.1) is 0 Å². The Morgan fingerprint density at radius 3 is 3.00 bits per heavy atom. The van der Waals surface area contributed by atoms with Gasteiger partial charge in [0, 0.05) is 28.7 Å². The van der Waals surface area contributed by atoms with E-state index in [9.17, 15) is 0 Å². The van der Waals surface area contributed by atoms with Gasteiger partial charge in [-0.05, 0) is 18.4 Å². The molecule has 0 aliphatic heterocycles. The first-order valence-corrected chi connectivity index (χ1v) is 6.35. The van der Waals surface area contributed by atoms with Gasteiger partial charge in [0.05, 0.1) is 12.0 Å². The van der Waals surface area contributed by atoms with E-state index in [-0.39, 0.29) is 0 Å².